The van der Waals surface area contributed by atoms with Gasteiger partial charge < -0.3 is 9.84 Å². The maximum absolute atomic E-state index is 11.7. The maximum atomic E-state index is 11.7. The Morgan fingerprint density at radius 2 is 2.40 bits per heavy atom. The summed E-state index contributed by atoms with van der Waals surface area (Å²) in [6, 6.07) is 1.71. The fraction of sp³-hybridized carbons (Fsp3) is 0.417. The molecule has 0 aliphatic carbocycles. The molecule has 2 heterocycles. The summed E-state index contributed by atoms with van der Waals surface area (Å²) >= 11 is 5.57. The van der Waals surface area contributed by atoms with Crippen molar-refractivity contribution in [3.63, 3.8) is 0 Å². The summed E-state index contributed by atoms with van der Waals surface area (Å²) in [4.78, 5) is 25.2. The van der Waals surface area contributed by atoms with Gasteiger partial charge in [-0.05, 0) is 13.0 Å². The predicted molar refractivity (Wildman–Crippen MR) is 70.1 cm³/mol. The molecule has 0 radical (unpaired) electrons. The van der Waals surface area contributed by atoms with Crippen molar-refractivity contribution in [3.8, 4) is 6.07 Å². The first-order chi connectivity index (χ1) is 9.42. The number of aromatic nitrogens is 2. The molecule has 3 atom stereocenters. The minimum absolute atomic E-state index is 0.0975. The molecule has 1 aromatic heterocycles. The van der Waals surface area contributed by atoms with Gasteiger partial charge in [-0.1, -0.05) is 11.6 Å². The monoisotopic (exact) mass is 297 g/mol. The molecule has 0 amide bonds. The third-order valence-corrected chi connectivity index (χ3v) is 3.22. The minimum atomic E-state index is -0.888. The highest BCUT2D eigenvalue weighted by Crippen LogP contribution is 2.29. The molecule has 1 aliphatic rings. The van der Waals surface area contributed by atoms with Gasteiger partial charge in [-0.25, -0.2) is 4.79 Å². The summed E-state index contributed by atoms with van der Waals surface area (Å²) in [5.74, 6) is 0. The van der Waals surface area contributed by atoms with E-state index in [1.54, 1.807) is 13.0 Å². The summed E-state index contributed by atoms with van der Waals surface area (Å²) in [5, 5.41) is 18.4. The minimum Gasteiger partial charge on any atom is -0.390 e. The van der Waals surface area contributed by atoms with Crippen molar-refractivity contribution in [2.24, 2.45) is 0 Å². The van der Waals surface area contributed by atoms with Crippen molar-refractivity contribution < 1.29 is 9.84 Å². The number of aliphatic hydroxyl groups excluding tert-OH is 1. The highest BCUT2D eigenvalue weighted by atomic mass is 35.5. The van der Waals surface area contributed by atoms with Crippen LogP contribution in [0.1, 0.15) is 18.2 Å². The normalized spacial score (nSPS) is 26.5. The molecule has 2 N–H and O–H groups in total. The number of nitrogens with one attached hydrogen (secondary N) is 1. The zero-order valence-electron chi connectivity index (χ0n) is 10.5. The van der Waals surface area contributed by atoms with Crippen LogP contribution in [-0.2, 0) is 4.74 Å². The number of ether oxygens (including phenoxy) is 1. The lowest BCUT2D eigenvalue weighted by molar-refractivity contribution is 0.00465. The van der Waals surface area contributed by atoms with Crippen LogP contribution in [0.4, 0.5) is 0 Å². The number of rotatable bonds is 2. The Kier molecular flexibility index (Phi) is 4.09. The smallest absolute Gasteiger partial charge is 0.330 e. The third-order valence-electron chi connectivity index (χ3n) is 3.01. The van der Waals surface area contributed by atoms with Crippen molar-refractivity contribution in [2.75, 3.05) is 0 Å². The molecule has 1 aliphatic heterocycles. The van der Waals surface area contributed by atoms with E-state index in [4.69, 9.17) is 21.6 Å². The molecule has 1 aromatic rings. The van der Waals surface area contributed by atoms with Gasteiger partial charge in [0.25, 0.3) is 5.56 Å². The van der Waals surface area contributed by atoms with E-state index in [0.717, 1.165) is 0 Å². The molecule has 0 bridgehead atoms. The quantitative estimate of drug-likeness (QED) is 0.755. The van der Waals surface area contributed by atoms with E-state index >= 15 is 0 Å². The number of aryl methyl sites for hydroxylation is 1. The Bertz CT molecular complexity index is 700. The van der Waals surface area contributed by atoms with Crippen LogP contribution in [0, 0.1) is 18.3 Å². The Morgan fingerprint density at radius 3 is 3.05 bits per heavy atom. The first-order valence-corrected chi connectivity index (χ1v) is 6.23. The molecule has 8 heteroatoms. The molecular weight excluding hydrogens is 286 g/mol. The molecular formula is C12H12ClN3O4. The number of allylic oxidation sites excluding steroid dienone is 1. The second-order valence-corrected chi connectivity index (χ2v) is 4.87. The number of aliphatic hydroxyl groups is 1. The van der Waals surface area contributed by atoms with Crippen LogP contribution in [0.5, 0.6) is 0 Å². The van der Waals surface area contributed by atoms with E-state index in [9.17, 15) is 14.7 Å². The number of hydrogen-bond acceptors (Lipinski definition) is 5. The van der Waals surface area contributed by atoms with E-state index in [0.29, 0.717) is 5.56 Å². The van der Waals surface area contributed by atoms with Crippen LogP contribution in [-0.4, -0.2) is 26.9 Å². The summed E-state index contributed by atoms with van der Waals surface area (Å²) in [7, 11) is 0. The number of hydrogen-bond donors (Lipinski definition) is 2. The second-order valence-electron chi connectivity index (χ2n) is 4.46. The molecule has 0 spiro atoms. The van der Waals surface area contributed by atoms with Crippen molar-refractivity contribution in [1.82, 2.24) is 9.55 Å². The van der Waals surface area contributed by atoms with Crippen LogP contribution in [0.2, 0.25) is 0 Å². The van der Waals surface area contributed by atoms with Crippen LogP contribution >= 0.6 is 11.6 Å². The molecule has 0 aromatic carbocycles. The Morgan fingerprint density at radius 1 is 1.70 bits per heavy atom. The number of aromatic amines is 1. The van der Waals surface area contributed by atoms with Crippen LogP contribution in [0.15, 0.2) is 26.9 Å². The number of nitrogens with zero attached hydrogens (tertiary/aromatic N) is 2. The van der Waals surface area contributed by atoms with Crippen LogP contribution in [0.25, 0.3) is 0 Å². The van der Waals surface area contributed by atoms with Gasteiger partial charge in [0.1, 0.15) is 23.4 Å². The third kappa shape index (κ3) is 2.82. The van der Waals surface area contributed by atoms with Crippen molar-refractivity contribution >= 4 is 11.6 Å². The summed E-state index contributed by atoms with van der Waals surface area (Å²) < 4.78 is 6.69. The van der Waals surface area contributed by atoms with Gasteiger partial charge in [0.05, 0.1) is 6.10 Å². The second kappa shape index (κ2) is 5.63. The van der Waals surface area contributed by atoms with Gasteiger partial charge in [0.15, 0.2) is 0 Å². The maximum Gasteiger partial charge on any atom is 0.330 e. The van der Waals surface area contributed by atoms with Crippen molar-refractivity contribution in [3.05, 3.63) is 43.7 Å². The van der Waals surface area contributed by atoms with E-state index < -0.39 is 29.7 Å². The fourth-order valence-corrected chi connectivity index (χ4v) is 2.10. The standard InChI is InChI=1S/C12H12ClN3O4/c1-6-5-16(12(19)15-11(6)18)10-3-8(17)9(20-10)2-7(13)4-14/h2,5,8-10,17H,3H2,1H3,(H,15,18,19)/b7-2+/t8-,9+,10+/m0/s1. The highest BCUT2D eigenvalue weighted by Gasteiger charge is 2.34. The largest absolute Gasteiger partial charge is 0.390 e. The Balaban J connectivity index is 2.30. The average Bonchev–Trinajstić information content (AvgIpc) is 2.75. The zero-order valence-corrected chi connectivity index (χ0v) is 11.3. The van der Waals surface area contributed by atoms with E-state index in [1.165, 1.54) is 16.8 Å². The van der Waals surface area contributed by atoms with Crippen molar-refractivity contribution in [1.29, 1.82) is 5.26 Å². The first kappa shape index (κ1) is 14.5. The van der Waals surface area contributed by atoms with E-state index in [2.05, 4.69) is 4.98 Å². The summed E-state index contributed by atoms with van der Waals surface area (Å²) in [5.41, 5.74) is -0.723. The molecule has 106 valence electrons. The van der Waals surface area contributed by atoms with Gasteiger partial charge in [0, 0.05) is 18.2 Å². The molecule has 7 nitrogen and oxygen atoms in total. The van der Waals surface area contributed by atoms with Gasteiger partial charge in [-0.3, -0.25) is 14.3 Å². The fourth-order valence-electron chi connectivity index (χ4n) is 1.98. The van der Waals surface area contributed by atoms with Crippen molar-refractivity contribution in [2.45, 2.75) is 31.8 Å². The average molecular weight is 298 g/mol. The summed E-state index contributed by atoms with van der Waals surface area (Å²) in [6.45, 7) is 1.56. The van der Waals surface area contributed by atoms with Gasteiger partial charge in [-0.15, -0.1) is 0 Å². The topological polar surface area (TPSA) is 108 Å². The highest BCUT2D eigenvalue weighted by molar-refractivity contribution is 6.31. The van der Waals surface area contributed by atoms with E-state index in [1.807, 2.05) is 0 Å². The number of halogens is 1. The summed E-state index contributed by atoms with van der Waals surface area (Å²) in [6.07, 6.45) is 0.430. The predicted octanol–water partition coefficient (Wildman–Crippen LogP) is 0.140. The van der Waals surface area contributed by atoms with Crippen LogP contribution < -0.4 is 11.2 Å². The van der Waals surface area contributed by atoms with Gasteiger partial charge in [-0.2, -0.15) is 5.26 Å². The lowest BCUT2D eigenvalue weighted by atomic mass is 10.1. The molecule has 1 saturated heterocycles. The molecule has 1 fully saturated rings. The first-order valence-electron chi connectivity index (χ1n) is 5.85. The number of nitriles is 1. The Labute approximate surface area is 118 Å². The van der Waals surface area contributed by atoms with Crippen LogP contribution in [0.3, 0.4) is 0 Å². The van der Waals surface area contributed by atoms with Gasteiger partial charge in [0.2, 0.25) is 0 Å². The molecule has 0 unspecified atom stereocenters. The van der Waals surface area contributed by atoms with E-state index in [-0.39, 0.29) is 11.5 Å². The zero-order chi connectivity index (χ0) is 14.9. The van der Waals surface area contributed by atoms with Gasteiger partial charge >= 0.3 is 5.69 Å². The molecule has 20 heavy (non-hydrogen) atoms. The molecule has 2 rings (SSSR count). The Hall–Kier alpha value is -1.88. The molecule has 0 saturated carbocycles. The number of H-pyrrole nitrogens is 1. The SMILES string of the molecule is Cc1cn([C@H]2C[C@H](O)[C@@H](/C=C(/Cl)C#N)O2)c(=O)[nH]c1=O. The lowest BCUT2D eigenvalue weighted by Crippen LogP contribution is -2.33. The lowest BCUT2D eigenvalue weighted by Gasteiger charge is -2.14.